The zero-order valence-corrected chi connectivity index (χ0v) is 16.8. The summed E-state index contributed by atoms with van der Waals surface area (Å²) in [5.41, 5.74) is 1.32. The van der Waals surface area contributed by atoms with Crippen molar-refractivity contribution in [3.05, 3.63) is 48.3 Å². The van der Waals surface area contributed by atoms with Crippen LogP contribution in [0.1, 0.15) is 18.2 Å². The second-order valence-electron chi connectivity index (χ2n) is 7.56. The van der Waals surface area contributed by atoms with Crippen LogP contribution in [0.15, 0.2) is 42.5 Å². The second-order valence-corrected chi connectivity index (χ2v) is 7.56. The Morgan fingerprint density at radius 1 is 1.20 bits per heavy atom. The summed E-state index contributed by atoms with van der Waals surface area (Å²) in [6.07, 6.45) is 0.504. The number of carbonyl (C=O) groups is 1. The number of H-pyrrole nitrogens is 1. The Morgan fingerprint density at radius 3 is 2.57 bits per heavy atom. The molecule has 3 heterocycles. The molecular weight excluding hydrogens is 384 g/mol. The van der Waals surface area contributed by atoms with Gasteiger partial charge in [-0.05, 0) is 12.1 Å². The first-order valence-electron chi connectivity index (χ1n) is 9.76. The molecule has 2 fully saturated rings. The summed E-state index contributed by atoms with van der Waals surface area (Å²) in [5, 5.41) is 9.00. The summed E-state index contributed by atoms with van der Waals surface area (Å²) in [4.78, 5) is 23.3. The summed E-state index contributed by atoms with van der Waals surface area (Å²) in [5.74, 6) is 0.952. The number of methoxy groups -OCH3 is 2. The smallest absolute Gasteiger partial charge is 0.179 e. The lowest BCUT2D eigenvalue weighted by Gasteiger charge is -2.33. The SMILES string of the molecule is COc1cc(OC)cc(N2C(=N)C(c3nc4ccccc4[nH]3)C(=O)C23CCOC3)c1. The molecule has 8 heteroatoms. The van der Waals surface area contributed by atoms with Gasteiger partial charge in [-0.15, -0.1) is 0 Å². The van der Waals surface area contributed by atoms with Gasteiger partial charge in [-0.3, -0.25) is 10.2 Å². The molecule has 2 saturated heterocycles. The predicted molar refractivity (Wildman–Crippen MR) is 112 cm³/mol. The predicted octanol–water partition coefficient (Wildman–Crippen LogP) is 2.89. The van der Waals surface area contributed by atoms with Crippen LogP contribution in [0.3, 0.4) is 0 Å². The molecule has 3 aromatic rings. The third-order valence-electron chi connectivity index (χ3n) is 5.94. The number of ether oxygens (including phenoxy) is 3. The van der Waals surface area contributed by atoms with Crippen LogP contribution < -0.4 is 14.4 Å². The highest BCUT2D eigenvalue weighted by molar-refractivity contribution is 6.26. The van der Waals surface area contributed by atoms with Crippen molar-refractivity contribution >= 4 is 28.3 Å². The van der Waals surface area contributed by atoms with Crippen molar-refractivity contribution in [1.29, 1.82) is 5.41 Å². The monoisotopic (exact) mass is 406 g/mol. The number of ketones is 1. The molecule has 0 saturated carbocycles. The Hall–Kier alpha value is -3.39. The van der Waals surface area contributed by atoms with Crippen LogP contribution in [-0.2, 0) is 9.53 Å². The molecule has 8 nitrogen and oxygen atoms in total. The quantitative estimate of drug-likeness (QED) is 0.691. The van der Waals surface area contributed by atoms with Gasteiger partial charge < -0.3 is 24.1 Å². The number of benzene rings is 2. The summed E-state index contributed by atoms with van der Waals surface area (Å²) in [7, 11) is 3.15. The van der Waals surface area contributed by atoms with E-state index in [0.29, 0.717) is 36.0 Å². The number of hydrogen-bond donors (Lipinski definition) is 2. The van der Waals surface area contributed by atoms with Gasteiger partial charge in [-0.2, -0.15) is 0 Å². The second kappa shape index (κ2) is 6.84. The number of aromatic amines is 1. The molecule has 30 heavy (non-hydrogen) atoms. The van der Waals surface area contributed by atoms with Crippen molar-refractivity contribution in [3.63, 3.8) is 0 Å². The van der Waals surface area contributed by atoms with E-state index in [-0.39, 0.29) is 18.2 Å². The van der Waals surface area contributed by atoms with Gasteiger partial charge in [0.15, 0.2) is 5.78 Å². The number of Topliss-reactive ketones (excluding diaryl/α,β-unsaturated/α-hetero) is 1. The van der Waals surface area contributed by atoms with Crippen LogP contribution >= 0.6 is 0 Å². The van der Waals surface area contributed by atoms with Gasteiger partial charge in [-0.1, -0.05) is 12.1 Å². The van der Waals surface area contributed by atoms with Gasteiger partial charge in [0.05, 0.1) is 37.5 Å². The zero-order valence-electron chi connectivity index (χ0n) is 16.8. The van der Waals surface area contributed by atoms with Gasteiger partial charge in [0.2, 0.25) is 0 Å². The van der Waals surface area contributed by atoms with Crippen LogP contribution in [0, 0.1) is 5.41 Å². The number of carbonyl (C=O) groups excluding carboxylic acids is 1. The fourth-order valence-corrected chi connectivity index (χ4v) is 4.46. The van der Waals surface area contributed by atoms with Crippen molar-refractivity contribution < 1.29 is 19.0 Å². The molecule has 5 rings (SSSR count). The molecule has 2 aromatic carbocycles. The molecule has 2 aliphatic heterocycles. The lowest BCUT2D eigenvalue weighted by molar-refractivity contribution is -0.122. The van der Waals surface area contributed by atoms with Crippen LogP contribution in [-0.4, -0.2) is 54.6 Å². The standard InChI is InChI=1S/C22H22N4O4/c1-28-14-9-13(10-15(11-14)29-2)26-20(23)18(19(27)22(26)7-8-30-12-22)21-24-16-5-3-4-6-17(16)25-21/h3-6,9-11,18,23H,7-8,12H2,1-2H3,(H,24,25). The Bertz CT molecular complexity index is 1090. The van der Waals surface area contributed by atoms with Crippen molar-refractivity contribution in [3.8, 4) is 11.5 Å². The van der Waals surface area contributed by atoms with Crippen LogP contribution in [0.5, 0.6) is 11.5 Å². The van der Waals surface area contributed by atoms with Crippen molar-refractivity contribution in [2.45, 2.75) is 17.9 Å². The molecular formula is C22H22N4O4. The highest BCUT2D eigenvalue weighted by atomic mass is 16.5. The minimum atomic E-state index is -0.946. The van der Waals surface area contributed by atoms with Crippen molar-refractivity contribution in [2.75, 3.05) is 32.3 Å². The van der Waals surface area contributed by atoms with E-state index in [4.69, 9.17) is 19.6 Å². The first kappa shape index (κ1) is 18.6. The molecule has 154 valence electrons. The molecule has 0 aliphatic carbocycles. The van der Waals surface area contributed by atoms with E-state index in [2.05, 4.69) is 9.97 Å². The molecule has 2 aliphatic rings. The lowest BCUT2D eigenvalue weighted by Crippen LogP contribution is -2.50. The zero-order chi connectivity index (χ0) is 20.9. The van der Waals surface area contributed by atoms with Crippen molar-refractivity contribution in [2.24, 2.45) is 0 Å². The molecule has 0 amide bonds. The molecule has 2 unspecified atom stereocenters. The Balaban J connectivity index is 1.65. The van der Waals surface area contributed by atoms with E-state index in [9.17, 15) is 4.79 Å². The Morgan fingerprint density at radius 2 is 1.93 bits per heavy atom. The molecule has 0 bridgehead atoms. The van der Waals surface area contributed by atoms with E-state index < -0.39 is 11.5 Å². The number of aromatic nitrogens is 2. The largest absolute Gasteiger partial charge is 0.497 e. The first-order chi connectivity index (χ1) is 14.6. The van der Waals surface area contributed by atoms with Crippen LogP contribution in [0.2, 0.25) is 0 Å². The lowest BCUT2D eigenvalue weighted by atomic mass is 9.89. The van der Waals surface area contributed by atoms with Gasteiger partial charge in [0.25, 0.3) is 0 Å². The van der Waals surface area contributed by atoms with Gasteiger partial charge in [-0.25, -0.2) is 4.98 Å². The highest BCUT2D eigenvalue weighted by Gasteiger charge is 2.60. The number of fused-ring (bicyclic) bond motifs is 1. The summed E-state index contributed by atoms with van der Waals surface area (Å²) in [6, 6.07) is 13.0. The van der Waals surface area contributed by atoms with Crippen LogP contribution in [0.4, 0.5) is 5.69 Å². The number of imidazole rings is 1. The van der Waals surface area contributed by atoms with Crippen molar-refractivity contribution in [1.82, 2.24) is 9.97 Å². The minimum absolute atomic E-state index is 0.0779. The number of hydrogen-bond acceptors (Lipinski definition) is 6. The molecule has 2 atom stereocenters. The van der Waals surface area contributed by atoms with E-state index in [1.165, 1.54) is 0 Å². The number of nitrogens with zero attached hydrogens (tertiary/aromatic N) is 2. The van der Waals surface area contributed by atoms with E-state index in [0.717, 1.165) is 11.0 Å². The normalized spacial score (nSPS) is 23.7. The molecule has 2 N–H and O–H groups in total. The molecule has 0 radical (unpaired) electrons. The number of anilines is 1. The minimum Gasteiger partial charge on any atom is -0.497 e. The maximum atomic E-state index is 13.7. The van der Waals surface area contributed by atoms with E-state index in [1.807, 2.05) is 36.4 Å². The first-order valence-corrected chi connectivity index (χ1v) is 9.76. The summed E-state index contributed by atoms with van der Waals surface area (Å²) < 4.78 is 16.5. The topological polar surface area (TPSA) is 101 Å². The summed E-state index contributed by atoms with van der Waals surface area (Å²) in [6.45, 7) is 0.688. The van der Waals surface area contributed by atoms with Crippen LogP contribution in [0.25, 0.3) is 11.0 Å². The highest BCUT2D eigenvalue weighted by Crippen LogP contribution is 2.45. The maximum Gasteiger partial charge on any atom is 0.179 e. The molecule has 1 aromatic heterocycles. The number of nitrogens with one attached hydrogen (secondary N) is 2. The maximum absolute atomic E-state index is 13.7. The summed E-state index contributed by atoms with van der Waals surface area (Å²) >= 11 is 0. The van der Waals surface area contributed by atoms with Gasteiger partial charge in [0.1, 0.15) is 34.6 Å². The Kier molecular flexibility index (Phi) is 4.25. The molecule has 1 spiro atoms. The van der Waals surface area contributed by atoms with E-state index >= 15 is 0 Å². The van der Waals surface area contributed by atoms with E-state index in [1.54, 1.807) is 25.2 Å². The number of para-hydroxylation sites is 2. The third-order valence-corrected chi connectivity index (χ3v) is 5.94. The Labute approximate surface area is 173 Å². The average molecular weight is 406 g/mol. The van der Waals surface area contributed by atoms with Gasteiger partial charge >= 0.3 is 0 Å². The number of rotatable bonds is 4. The fraction of sp³-hybridized carbons (Fsp3) is 0.318. The average Bonchev–Trinajstić information content (AvgIpc) is 3.45. The fourth-order valence-electron chi connectivity index (χ4n) is 4.46. The third kappa shape index (κ3) is 2.60. The number of amidine groups is 1. The van der Waals surface area contributed by atoms with Gasteiger partial charge in [0, 0.05) is 31.2 Å².